The Morgan fingerprint density at radius 2 is 2.25 bits per heavy atom. The van der Waals surface area contributed by atoms with Gasteiger partial charge in [-0.2, -0.15) is 0 Å². The van der Waals surface area contributed by atoms with E-state index in [9.17, 15) is 4.39 Å². The topological polar surface area (TPSA) is 35.2 Å². The highest BCUT2D eigenvalue weighted by Gasteiger charge is 2.10. The van der Waals surface area contributed by atoms with Gasteiger partial charge in [-0.1, -0.05) is 17.7 Å². The molecule has 0 fully saturated rings. The summed E-state index contributed by atoms with van der Waals surface area (Å²) in [5, 5.41) is 0.648. The largest absolute Gasteiger partial charge is 0.493 e. The van der Waals surface area contributed by atoms with E-state index < -0.39 is 0 Å². The van der Waals surface area contributed by atoms with Crippen LogP contribution in [-0.2, 0) is 6.42 Å². The zero-order valence-corrected chi connectivity index (χ0v) is 10.1. The zero-order valence-electron chi connectivity index (χ0n) is 9.38. The Kier molecular flexibility index (Phi) is 5.56. The Hall–Kier alpha value is -0.800. The summed E-state index contributed by atoms with van der Waals surface area (Å²) in [5.41, 5.74) is 6.64. The molecular formula is C12H17ClFNO. The second-order valence-corrected chi connectivity index (χ2v) is 4.20. The van der Waals surface area contributed by atoms with Gasteiger partial charge in [0.1, 0.15) is 5.75 Å². The second-order valence-electron chi connectivity index (χ2n) is 3.79. The quantitative estimate of drug-likeness (QED) is 0.782. The van der Waals surface area contributed by atoms with Gasteiger partial charge in [-0.05, 0) is 25.5 Å². The summed E-state index contributed by atoms with van der Waals surface area (Å²) in [6, 6.07) is 5.48. The van der Waals surface area contributed by atoms with Crippen molar-refractivity contribution in [2.45, 2.75) is 25.8 Å². The minimum atomic E-state index is -0.372. The molecule has 2 nitrogen and oxygen atoms in total. The molecule has 0 radical (unpaired) electrons. The number of hydrogen-bond acceptors (Lipinski definition) is 2. The van der Waals surface area contributed by atoms with Crippen LogP contribution in [-0.4, -0.2) is 19.3 Å². The molecule has 0 bridgehead atoms. The molecule has 0 saturated carbocycles. The molecule has 1 atom stereocenters. The molecule has 1 aromatic rings. The van der Waals surface area contributed by atoms with E-state index in [1.165, 1.54) is 0 Å². The first kappa shape index (κ1) is 13.3. The fourth-order valence-electron chi connectivity index (χ4n) is 1.43. The van der Waals surface area contributed by atoms with Crippen molar-refractivity contribution >= 4 is 11.6 Å². The van der Waals surface area contributed by atoms with Crippen molar-refractivity contribution in [2.75, 3.05) is 13.3 Å². The molecule has 0 saturated heterocycles. The maximum absolute atomic E-state index is 12.0. The van der Waals surface area contributed by atoms with E-state index in [-0.39, 0.29) is 12.7 Å². The Morgan fingerprint density at radius 3 is 2.88 bits per heavy atom. The number of benzene rings is 1. The van der Waals surface area contributed by atoms with Crippen LogP contribution in [0.25, 0.3) is 0 Å². The van der Waals surface area contributed by atoms with E-state index in [1.54, 1.807) is 6.07 Å². The highest BCUT2D eigenvalue weighted by molar-refractivity contribution is 6.31. The highest BCUT2D eigenvalue weighted by atomic mass is 35.5. The van der Waals surface area contributed by atoms with Crippen molar-refractivity contribution < 1.29 is 9.13 Å². The monoisotopic (exact) mass is 245 g/mol. The van der Waals surface area contributed by atoms with E-state index >= 15 is 0 Å². The molecular weight excluding hydrogens is 229 g/mol. The van der Waals surface area contributed by atoms with Gasteiger partial charge in [0.15, 0.2) is 0 Å². The van der Waals surface area contributed by atoms with Crippen LogP contribution >= 0.6 is 11.6 Å². The first-order chi connectivity index (χ1) is 7.65. The maximum Gasteiger partial charge on any atom is 0.124 e. The van der Waals surface area contributed by atoms with Crippen LogP contribution < -0.4 is 10.5 Å². The summed E-state index contributed by atoms with van der Waals surface area (Å²) in [6.45, 7) is 1.90. The van der Waals surface area contributed by atoms with Crippen molar-refractivity contribution in [3.8, 4) is 5.75 Å². The van der Waals surface area contributed by atoms with Crippen molar-refractivity contribution in [1.29, 1.82) is 0 Å². The van der Waals surface area contributed by atoms with Crippen LogP contribution in [0, 0.1) is 0 Å². The molecule has 2 N–H and O–H groups in total. The van der Waals surface area contributed by atoms with Gasteiger partial charge in [0, 0.05) is 23.0 Å². The van der Waals surface area contributed by atoms with Crippen LogP contribution in [0.1, 0.15) is 18.9 Å². The Bertz CT molecular complexity index is 331. The number of nitrogens with two attached hydrogens (primary N) is 1. The number of rotatable bonds is 6. The lowest BCUT2D eigenvalue weighted by molar-refractivity contribution is 0.287. The van der Waals surface area contributed by atoms with Gasteiger partial charge in [0.05, 0.1) is 13.3 Å². The van der Waals surface area contributed by atoms with Gasteiger partial charge in [0.2, 0.25) is 0 Å². The minimum Gasteiger partial charge on any atom is -0.493 e. The number of halogens is 2. The second kappa shape index (κ2) is 6.71. The average molecular weight is 246 g/mol. The zero-order chi connectivity index (χ0) is 12.0. The van der Waals surface area contributed by atoms with E-state index in [4.69, 9.17) is 22.1 Å². The van der Waals surface area contributed by atoms with E-state index in [0.717, 1.165) is 5.56 Å². The Morgan fingerprint density at radius 1 is 1.50 bits per heavy atom. The van der Waals surface area contributed by atoms with Crippen molar-refractivity contribution in [2.24, 2.45) is 5.73 Å². The first-order valence-electron chi connectivity index (χ1n) is 5.37. The lowest BCUT2D eigenvalue weighted by Crippen LogP contribution is -2.18. The summed E-state index contributed by atoms with van der Waals surface area (Å²) < 4.78 is 17.4. The molecule has 0 aliphatic rings. The first-order valence-corrected chi connectivity index (χ1v) is 5.74. The van der Waals surface area contributed by atoms with Crippen molar-refractivity contribution in [1.82, 2.24) is 0 Å². The van der Waals surface area contributed by atoms with Crippen molar-refractivity contribution in [3.05, 3.63) is 28.8 Å². The molecule has 16 heavy (non-hydrogen) atoms. The molecule has 0 aliphatic heterocycles. The Balaban J connectivity index is 2.76. The molecule has 1 rings (SSSR count). The molecule has 1 unspecified atom stereocenters. The fraction of sp³-hybridized carbons (Fsp3) is 0.500. The van der Waals surface area contributed by atoms with Gasteiger partial charge >= 0.3 is 0 Å². The normalized spacial score (nSPS) is 12.5. The van der Waals surface area contributed by atoms with E-state index in [1.807, 2.05) is 19.1 Å². The molecule has 1 aromatic carbocycles. The van der Waals surface area contributed by atoms with E-state index in [0.29, 0.717) is 30.2 Å². The SMILES string of the molecule is CC(N)Cc1c(Cl)cccc1OCCCF. The fourth-order valence-corrected chi connectivity index (χ4v) is 1.67. The summed E-state index contributed by atoms with van der Waals surface area (Å²) >= 11 is 6.08. The predicted octanol–water partition coefficient (Wildman–Crippen LogP) is 2.97. The van der Waals surface area contributed by atoms with Gasteiger partial charge in [-0.3, -0.25) is 4.39 Å². The third kappa shape index (κ3) is 3.99. The third-order valence-corrected chi connectivity index (χ3v) is 2.49. The molecule has 0 spiro atoms. The van der Waals surface area contributed by atoms with Crippen molar-refractivity contribution in [3.63, 3.8) is 0 Å². The molecule has 4 heteroatoms. The van der Waals surface area contributed by atoms with Crippen LogP contribution in [0.15, 0.2) is 18.2 Å². The summed E-state index contributed by atoms with van der Waals surface area (Å²) in [4.78, 5) is 0. The molecule has 90 valence electrons. The standard InChI is InChI=1S/C12H17ClFNO/c1-9(15)8-10-11(13)4-2-5-12(10)16-7-3-6-14/h2,4-5,9H,3,6-8,15H2,1H3. The van der Waals surface area contributed by atoms with Crippen LogP contribution in [0.2, 0.25) is 5.02 Å². The lowest BCUT2D eigenvalue weighted by Gasteiger charge is -2.14. The molecule has 0 amide bonds. The van der Waals surface area contributed by atoms with Gasteiger partial charge < -0.3 is 10.5 Å². The van der Waals surface area contributed by atoms with Crippen LogP contribution in [0.4, 0.5) is 4.39 Å². The summed E-state index contributed by atoms with van der Waals surface area (Å²) in [6.07, 6.45) is 1.05. The molecule has 0 aromatic heterocycles. The van der Waals surface area contributed by atoms with Gasteiger partial charge in [-0.15, -0.1) is 0 Å². The number of alkyl halides is 1. The maximum atomic E-state index is 12.0. The van der Waals surface area contributed by atoms with Gasteiger partial charge in [-0.25, -0.2) is 0 Å². The van der Waals surface area contributed by atoms with Gasteiger partial charge in [0.25, 0.3) is 0 Å². The summed E-state index contributed by atoms with van der Waals surface area (Å²) in [7, 11) is 0. The minimum absolute atomic E-state index is 0.0171. The van der Waals surface area contributed by atoms with Crippen LogP contribution in [0.5, 0.6) is 5.75 Å². The third-order valence-electron chi connectivity index (χ3n) is 2.14. The number of hydrogen-bond donors (Lipinski definition) is 1. The summed E-state index contributed by atoms with van der Waals surface area (Å²) in [5.74, 6) is 0.707. The average Bonchev–Trinajstić information content (AvgIpc) is 2.23. The van der Waals surface area contributed by atoms with E-state index in [2.05, 4.69) is 0 Å². The molecule has 0 aliphatic carbocycles. The lowest BCUT2D eigenvalue weighted by atomic mass is 10.1. The smallest absolute Gasteiger partial charge is 0.124 e. The highest BCUT2D eigenvalue weighted by Crippen LogP contribution is 2.27. The number of ether oxygens (including phenoxy) is 1. The molecule has 0 heterocycles. The Labute approximate surface area is 101 Å². The predicted molar refractivity (Wildman–Crippen MR) is 64.9 cm³/mol. The van der Waals surface area contributed by atoms with Crippen LogP contribution in [0.3, 0.4) is 0 Å².